The van der Waals surface area contributed by atoms with E-state index in [1.54, 1.807) is 18.3 Å². The van der Waals surface area contributed by atoms with Gasteiger partial charge in [-0.3, -0.25) is 4.79 Å². The van der Waals surface area contributed by atoms with Crippen LogP contribution in [0.5, 0.6) is 17.2 Å². The van der Waals surface area contributed by atoms with E-state index in [1.165, 1.54) is 4.31 Å². The lowest BCUT2D eigenvalue weighted by molar-refractivity contribution is 0.0952. The molecule has 1 amide bonds. The molecule has 0 aliphatic carbocycles. The maximum atomic E-state index is 12.8. The van der Waals surface area contributed by atoms with E-state index in [1.807, 2.05) is 39.0 Å². The second-order valence-electron chi connectivity index (χ2n) is 8.10. The second kappa shape index (κ2) is 13.3. The number of nitrogens with one attached hydrogen (secondary N) is 1. The molecule has 1 aliphatic heterocycles. The van der Waals surface area contributed by atoms with Gasteiger partial charge in [-0.15, -0.1) is 0 Å². The van der Waals surface area contributed by atoms with Crippen molar-refractivity contribution in [3.05, 3.63) is 42.1 Å². The minimum absolute atomic E-state index is 0.0332. The quantitative estimate of drug-likeness (QED) is 0.401. The fraction of sp³-hybridized carbons (Fsp3) is 0.520. The first-order chi connectivity index (χ1) is 17.4. The molecule has 198 valence electrons. The summed E-state index contributed by atoms with van der Waals surface area (Å²) in [4.78, 5) is 19.2. The number of ether oxygens (including phenoxy) is 3. The number of hydrogen-bond acceptors (Lipinski definition) is 8. The highest BCUT2D eigenvalue weighted by atomic mass is 32.2. The van der Waals surface area contributed by atoms with Crippen LogP contribution in [0.2, 0.25) is 0 Å². The number of sulfonamides is 1. The Morgan fingerprint density at radius 2 is 1.61 bits per heavy atom. The summed E-state index contributed by atoms with van der Waals surface area (Å²) in [6.45, 7) is 9.05. The topological polar surface area (TPSA) is 110 Å². The molecule has 3 rings (SSSR count). The highest BCUT2D eigenvalue weighted by Crippen LogP contribution is 2.39. The van der Waals surface area contributed by atoms with E-state index in [-0.39, 0.29) is 18.2 Å². The Balaban J connectivity index is 1.53. The number of hydrogen-bond donors (Lipinski definition) is 1. The van der Waals surface area contributed by atoms with Gasteiger partial charge in [-0.1, -0.05) is 6.07 Å². The number of aromatic nitrogens is 1. The number of carbonyl (C=O) groups excluding carboxylic acids is 1. The summed E-state index contributed by atoms with van der Waals surface area (Å²) in [5, 5.41) is 2.80. The van der Waals surface area contributed by atoms with Gasteiger partial charge in [0.05, 0.1) is 25.6 Å². The van der Waals surface area contributed by atoms with Gasteiger partial charge < -0.3 is 24.4 Å². The molecule has 36 heavy (non-hydrogen) atoms. The molecular formula is C25H36N4O6S. The summed E-state index contributed by atoms with van der Waals surface area (Å²) >= 11 is 0. The molecule has 0 atom stereocenters. The fourth-order valence-electron chi connectivity index (χ4n) is 3.94. The maximum Gasteiger partial charge on any atom is 0.251 e. The summed E-state index contributed by atoms with van der Waals surface area (Å²) in [6, 6.07) is 8.93. The Labute approximate surface area is 213 Å². The molecule has 11 heteroatoms. The molecule has 0 saturated carbocycles. The van der Waals surface area contributed by atoms with Crippen molar-refractivity contribution in [2.45, 2.75) is 27.2 Å². The van der Waals surface area contributed by atoms with Crippen LogP contribution < -0.4 is 24.4 Å². The highest BCUT2D eigenvalue weighted by Gasteiger charge is 2.27. The number of amides is 1. The van der Waals surface area contributed by atoms with Crippen LogP contribution in [0.15, 0.2) is 36.5 Å². The number of piperazine rings is 1. The highest BCUT2D eigenvalue weighted by molar-refractivity contribution is 7.89. The molecule has 0 unspecified atom stereocenters. The lowest BCUT2D eigenvalue weighted by Crippen LogP contribution is -2.49. The monoisotopic (exact) mass is 520 g/mol. The standard InChI is InChI=1S/C25H36N4O6S/c1-4-33-21-18-20(19-22(34-5-2)24(21)35-6-3)25(30)27-12-9-17-36(31,32)29-15-13-28(14-16-29)23-10-7-8-11-26-23/h7-8,10-11,18-19H,4-6,9,12-17H2,1-3H3,(H,27,30). The fourth-order valence-corrected chi connectivity index (χ4v) is 5.43. The minimum Gasteiger partial charge on any atom is -0.490 e. The van der Waals surface area contributed by atoms with Crippen molar-refractivity contribution in [3.8, 4) is 17.2 Å². The van der Waals surface area contributed by atoms with Crippen LogP contribution in [0.3, 0.4) is 0 Å². The van der Waals surface area contributed by atoms with Crippen LogP contribution in [0.25, 0.3) is 0 Å². The van der Waals surface area contributed by atoms with E-state index >= 15 is 0 Å². The molecule has 1 saturated heterocycles. The molecule has 1 aromatic heterocycles. The first-order valence-corrected chi connectivity index (χ1v) is 14.0. The van der Waals surface area contributed by atoms with Gasteiger partial charge in [-0.25, -0.2) is 13.4 Å². The van der Waals surface area contributed by atoms with Crippen molar-refractivity contribution in [3.63, 3.8) is 0 Å². The zero-order valence-corrected chi connectivity index (χ0v) is 22.1. The number of benzene rings is 1. The molecule has 0 radical (unpaired) electrons. The van der Waals surface area contributed by atoms with E-state index in [0.29, 0.717) is 75.2 Å². The van der Waals surface area contributed by atoms with E-state index in [2.05, 4.69) is 15.2 Å². The smallest absolute Gasteiger partial charge is 0.251 e. The zero-order valence-electron chi connectivity index (χ0n) is 21.2. The van der Waals surface area contributed by atoms with Gasteiger partial charge in [0.15, 0.2) is 11.5 Å². The van der Waals surface area contributed by atoms with Crippen molar-refractivity contribution in [2.24, 2.45) is 0 Å². The molecular weight excluding hydrogens is 484 g/mol. The number of anilines is 1. The first kappa shape index (κ1) is 27.5. The van der Waals surface area contributed by atoms with Gasteiger partial charge in [0.1, 0.15) is 5.82 Å². The van der Waals surface area contributed by atoms with E-state index in [0.717, 1.165) is 5.82 Å². The van der Waals surface area contributed by atoms with Gasteiger partial charge in [-0.05, 0) is 51.5 Å². The van der Waals surface area contributed by atoms with E-state index in [9.17, 15) is 13.2 Å². The molecule has 1 fully saturated rings. The lowest BCUT2D eigenvalue weighted by Gasteiger charge is -2.34. The van der Waals surface area contributed by atoms with Crippen LogP contribution in [-0.4, -0.2) is 81.9 Å². The van der Waals surface area contributed by atoms with Gasteiger partial charge in [0.25, 0.3) is 5.91 Å². The van der Waals surface area contributed by atoms with E-state index in [4.69, 9.17) is 14.2 Å². The van der Waals surface area contributed by atoms with E-state index < -0.39 is 10.0 Å². The Morgan fingerprint density at radius 1 is 0.972 bits per heavy atom. The second-order valence-corrected chi connectivity index (χ2v) is 10.2. The predicted octanol–water partition coefficient (Wildman–Crippen LogP) is 2.55. The average molecular weight is 521 g/mol. The third-order valence-corrected chi connectivity index (χ3v) is 7.60. The predicted molar refractivity (Wildman–Crippen MR) is 139 cm³/mol. The molecule has 1 aromatic carbocycles. The molecule has 0 spiro atoms. The number of pyridine rings is 1. The Kier molecular flexibility index (Phi) is 10.2. The normalized spacial score (nSPS) is 14.4. The number of carbonyl (C=O) groups is 1. The zero-order chi connectivity index (χ0) is 26.0. The van der Waals surface area contributed by atoms with Crippen LogP contribution in [0.4, 0.5) is 5.82 Å². The molecule has 2 aromatic rings. The van der Waals surface area contributed by atoms with Crippen LogP contribution in [-0.2, 0) is 10.0 Å². The molecule has 10 nitrogen and oxygen atoms in total. The number of nitrogens with zero attached hydrogens (tertiary/aromatic N) is 3. The van der Waals surface area contributed by atoms with Crippen molar-refractivity contribution in [1.29, 1.82) is 0 Å². The summed E-state index contributed by atoms with van der Waals surface area (Å²) < 4.78 is 44.1. The summed E-state index contributed by atoms with van der Waals surface area (Å²) in [5.74, 6) is 1.82. The Bertz CT molecular complexity index is 1060. The van der Waals surface area contributed by atoms with Crippen molar-refractivity contribution in [2.75, 3.05) is 63.2 Å². The van der Waals surface area contributed by atoms with Gasteiger partial charge in [0, 0.05) is 44.5 Å². The van der Waals surface area contributed by atoms with Crippen molar-refractivity contribution < 1.29 is 27.4 Å². The SMILES string of the molecule is CCOc1cc(C(=O)NCCCS(=O)(=O)N2CCN(c3ccccn3)CC2)cc(OCC)c1OCC. The van der Waals surface area contributed by atoms with Crippen LogP contribution >= 0.6 is 0 Å². The third kappa shape index (κ3) is 7.23. The third-order valence-electron chi connectivity index (χ3n) is 5.64. The lowest BCUT2D eigenvalue weighted by atomic mass is 10.1. The number of rotatable bonds is 13. The maximum absolute atomic E-state index is 12.8. The average Bonchev–Trinajstić information content (AvgIpc) is 2.89. The molecule has 1 aliphatic rings. The first-order valence-electron chi connectivity index (χ1n) is 12.4. The van der Waals surface area contributed by atoms with Crippen LogP contribution in [0.1, 0.15) is 37.6 Å². The van der Waals surface area contributed by atoms with Gasteiger partial charge in [0.2, 0.25) is 15.8 Å². The largest absolute Gasteiger partial charge is 0.490 e. The Hall–Kier alpha value is -3.05. The minimum atomic E-state index is -3.41. The van der Waals surface area contributed by atoms with Crippen molar-refractivity contribution >= 4 is 21.7 Å². The van der Waals surface area contributed by atoms with Gasteiger partial charge >= 0.3 is 0 Å². The molecule has 1 N–H and O–H groups in total. The van der Waals surface area contributed by atoms with Crippen molar-refractivity contribution in [1.82, 2.24) is 14.6 Å². The summed E-state index contributed by atoms with van der Waals surface area (Å²) in [6.07, 6.45) is 2.04. The molecule has 2 heterocycles. The molecule has 0 bridgehead atoms. The van der Waals surface area contributed by atoms with Crippen LogP contribution in [0, 0.1) is 0 Å². The summed E-state index contributed by atoms with van der Waals surface area (Å²) in [7, 11) is -3.41. The summed E-state index contributed by atoms with van der Waals surface area (Å²) in [5.41, 5.74) is 0.360. The Morgan fingerprint density at radius 3 is 2.17 bits per heavy atom. The van der Waals surface area contributed by atoms with Gasteiger partial charge in [-0.2, -0.15) is 4.31 Å².